The van der Waals surface area contributed by atoms with Gasteiger partial charge in [0.1, 0.15) is 7.11 Å². The number of hydrogen-bond acceptors (Lipinski definition) is 7. The second kappa shape index (κ2) is 10.3. The number of nitrogens with two attached hydrogens (primary N) is 1. The molecule has 0 atom stereocenters. The molecule has 31 heavy (non-hydrogen) atoms. The zero-order valence-electron chi connectivity index (χ0n) is 16.9. The number of nitriles is 1. The van der Waals surface area contributed by atoms with E-state index < -0.39 is 11.7 Å². The van der Waals surface area contributed by atoms with Gasteiger partial charge in [0.15, 0.2) is 11.5 Å². The molecule has 0 spiro atoms. The van der Waals surface area contributed by atoms with Gasteiger partial charge in [-0.25, -0.2) is 0 Å². The van der Waals surface area contributed by atoms with Crippen LogP contribution in [0.2, 0.25) is 0 Å². The van der Waals surface area contributed by atoms with Gasteiger partial charge in [0, 0.05) is 16.7 Å². The molecule has 0 aliphatic rings. The highest BCUT2D eigenvalue weighted by molar-refractivity contribution is 6.46. The van der Waals surface area contributed by atoms with Crippen molar-refractivity contribution in [3.8, 4) is 6.19 Å². The Bertz CT molecular complexity index is 1070. The molecule has 0 aliphatic heterocycles. The molecule has 0 amide bonds. The van der Waals surface area contributed by atoms with Crippen LogP contribution in [0.25, 0.3) is 11.3 Å². The monoisotopic (exact) mass is 432 g/mol. The van der Waals surface area contributed by atoms with Gasteiger partial charge in [-0.3, -0.25) is 0 Å². The average Bonchev–Trinajstić information content (AvgIpc) is 2.76. The van der Waals surface area contributed by atoms with Crippen molar-refractivity contribution in [1.29, 1.82) is 5.26 Å². The fourth-order valence-corrected chi connectivity index (χ4v) is 2.84. The second-order valence-electron chi connectivity index (χ2n) is 6.04. The molecule has 7 nitrogen and oxygen atoms in total. The van der Waals surface area contributed by atoms with E-state index in [9.17, 15) is 13.2 Å². The van der Waals surface area contributed by atoms with E-state index in [1.807, 2.05) is 0 Å². The van der Waals surface area contributed by atoms with Crippen molar-refractivity contribution in [2.45, 2.75) is 13.1 Å². The minimum Gasteiger partial charge on any atom is -0.479 e. The number of rotatable bonds is 6. The molecule has 0 saturated heterocycles. The van der Waals surface area contributed by atoms with Crippen molar-refractivity contribution in [3.05, 3.63) is 70.8 Å². The molecule has 0 fully saturated rings. The highest BCUT2D eigenvalue weighted by Gasteiger charge is 2.31. The van der Waals surface area contributed by atoms with Gasteiger partial charge in [-0.1, -0.05) is 41.6 Å². The number of allylic oxidation sites excluding steroid dienone is 1. The van der Waals surface area contributed by atoms with Crippen LogP contribution in [0.4, 0.5) is 13.2 Å². The first-order valence-corrected chi connectivity index (χ1v) is 8.75. The van der Waals surface area contributed by atoms with E-state index in [1.165, 1.54) is 26.4 Å². The van der Waals surface area contributed by atoms with Gasteiger partial charge in [0.05, 0.1) is 12.7 Å². The molecular formula is C21H19F3N4O3. The number of alkyl halides is 3. The predicted octanol–water partition coefficient (Wildman–Crippen LogP) is 4.36. The van der Waals surface area contributed by atoms with Crippen LogP contribution in [-0.2, 0) is 20.6 Å². The van der Waals surface area contributed by atoms with Gasteiger partial charge in [-0.15, -0.1) is 4.99 Å². The Kier molecular flexibility index (Phi) is 7.76. The van der Waals surface area contributed by atoms with E-state index in [-0.39, 0.29) is 22.9 Å². The summed E-state index contributed by atoms with van der Waals surface area (Å²) in [6.45, 7) is 1.57. The van der Waals surface area contributed by atoms with Gasteiger partial charge >= 0.3 is 6.18 Å². The molecule has 2 N–H and O–H groups in total. The summed E-state index contributed by atoms with van der Waals surface area (Å²) in [5.41, 5.74) is 0.597. The number of oxime groups is 1. The van der Waals surface area contributed by atoms with Crippen LogP contribution in [0.1, 0.15) is 29.2 Å². The number of benzene rings is 2. The average molecular weight is 432 g/mol. The van der Waals surface area contributed by atoms with E-state index in [1.54, 1.807) is 37.4 Å². The highest BCUT2D eigenvalue weighted by atomic mass is 19.4. The maximum Gasteiger partial charge on any atom is 0.416 e. The Labute approximate surface area is 176 Å². The summed E-state index contributed by atoms with van der Waals surface area (Å²) >= 11 is 0. The normalized spacial score (nSPS) is 13.2. The molecule has 0 bridgehead atoms. The Balaban J connectivity index is 2.74. The fraction of sp³-hybridized carbons (Fsp3) is 0.190. The maximum atomic E-state index is 13.1. The van der Waals surface area contributed by atoms with E-state index in [2.05, 4.69) is 10.1 Å². The van der Waals surface area contributed by atoms with Gasteiger partial charge in [-0.05, 0) is 24.6 Å². The zero-order chi connectivity index (χ0) is 23.0. The molecule has 0 aliphatic carbocycles. The maximum absolute atomic E-state index is 13.1. The Morgan fingerprint density at radius 3 is 2.29 bits per heavy atom. The van der Waals surface area contributed by atoms with Crippen LogP contribution < -0.4 is 5.90 Å². The zero-order valence-corrected chi connectivity index (χ0v) is 16.9. The summed E-state index contributed by atoms with van der Waals surface area (Å²) in [5, 5.41) is 12.8. The third-order valence-electron chi connectivity index (χ3n) is 4.24. The standard InChI is InChI=1S/C21H19F3N4O3/c1-13(14-7-6-8-15(11-14)21(22,23)24)19(31-26)17-10-5-4-9-16(17)18(28-30-3)20(29-2)27-12-25/h4-11H,26H2,1-3H3/b19-13+,27-20+,28-18+. The van der Waals surface area contributed by atoms with Gasteiger partial charge in [0.2, 0.25) is 6.19 Å². The number of halogens is 3. The van der Waals surface area contributed by atoms with Crippen LogP contribution in [0.3, 0.4) is 0 Å². The molecule has 10 heteroatoms. The fourth-order valence-electron chi connectivity index (χ4n) is 2.84. The number of aliphatic imine (C=N–C) groups is 1. The smallest absolute Gasteiger partial charge is 0.416 e. The molecule has 0 radical (unpaired) electrons. The molecule has 0 aromatic heterocycles. The quantitative estimate of drug-likeness (QED) is 0.182. The summed E-state index contributed by atoms with van der Waals surface area (Å²) in [6.07, 6.45) is -2.89. The lowest BCUT2D eigenvalue weighted by Gasteiger charge is -2.16. The second-order valence-corrected chi connectivity index (χ2v) is 6.04. The number of ether oxygens (including phenoxy) is 1. The summed E-state index contributed by atoms with van der Waals surface area (Å²) in [4.78, 5) is 13.5. The van der Waals surface area contributed by atoms with Gasteiger partial charge in [0.25, 0.3) is 5.90 Å². The lowest BCUT2D eigenvalue weighted by atomic mass is 9.95. The molecule has 2 rings (SSSR count). The number of nitrogens with zero attached hydrogens (tertiary/aromatic N) is 3. The highest BCUT2D eigenvalue weighted by Crippen LogP contribution is 2.34. The van der Waals surface area contributed by atoms with Crippen molar-refractivity contribution < 1.29 is 27.6 Å². The third-order valence-corrected chi connectivity index (χ3v) is 4.24. The van der Waals surface area contributed by atoms with Crippen molar-refractivity contribution in [2.75, 3.05) is 14.2 Å². The number of methoxy groups -OCH3 is 1. The lowest BCUT2D eigenvalue weighted by Crippen LogP contribution is -2.20. The number of hydrogen-bond donors (Lipinski definition) is 1. The van der Waals surface area contributed by atoms with Crippen molar-refractivity contribution in [3.63, 3.8) is 0 Å². The minimum absolute atomic E-state index is 0.0635. The summed E-state index contributed by atoms with van der Waals surface area (Å²) < 4.78 is 44.5. The van der Waals surface area contributed by atoms with Crippen molar-refractivity contribution in [2.24, 2.45) is 16.0 Å². The lowest BCUT2D eigenvalue weighted by molar-refractivity contribution is -0.137. The molecule has 0 saturated carbocycles. The Hall–Kier alpha value is -3.84. The van der Waals surface area contributed by atoms with Crippen LogP contribution in [0.5, 0.6) is 0 Å². The van der Waals surface area contributed by atoms with E-state index in [4.69, 9.17) is 25.6 Å². The van der Waals surface area contributed by atoms with Gasteiger partial charge < -0.3 is 14.4 Å². The van der Waals surface area contributed by atoms with Crippen LogP contribution in [0.15, 0.2) is 58.7 Å². The Morgan fingerprint density at radius 1 is 1.06 bits per heavy atom. The SMILES string of the molecule is CO/N=C(/C(=N\C#N)OC)c1ccccc1/C(ON)=C(/C)c1cccc(C(F)(F)F)c1. The minimum atomic E-state index is -4.50. The van der Waals surface area contributed by atoms with E-state index in [0.717, 1.165) is 12.1 Å². The molecular weight excluding hydrogens is 413 g/mol. The van der Waals surface area contributed by atoms with E-state index in [0.29, 0.717) is 16.7 Å². The molecule has 0 unspecified atom stereocenters. The first kappa shape index (κ1) is 23.4. The summed E-state index contributed by atoms with van der Waals surface area (Å²) in [7, 11) is 2.60. The largest absolute Gasteiger partial charge is 0.479 e. The topological polar surface area (TPSA) is 102 Å². The predicted molar refractivity (Wildman–Crippen MR) is 109 cm³/mol. The molecule has 0 heterocycles. The van der Waals surface area contributed by atoms with Crippen molar-refractivity contribution in [1.82, 2.24) is 0 Å². The molecule has 162 valence electrons. The molecule has 2 aromatic carbocycles. The van der Waals surface area contributed by atoms with Gasteiger partial charge in [-0.2, -0.15) is 24.3 Å². The third kappa shape index (κ3) is 5.40. The van der Waals surface area contributed by atoms with E-state index >= 15 is 0 Å². The Morgan fingerprint density at radius 2 is 1.74 bits per heavy atom. The van der Waals surface area contributed by atoms with Crippen molar-refractivity contribution >= 4 is 22.9 Å². The summed E-state index contributed by atoms with van der Waals surface area (Å²) in [6, 6.07) is 11.4. The first-order valence-electron chi connectivity index (χ1n) is 8.75. The van der Waals surface area contributed by atoms with Crippen LogP contribution >= 0.6 is 0 Å². The summed E-state index contributed by atoms with van der Waals surface area (Å²) in [5.74, 6) is 5.47. The van der Waals surface area contributed by atoms with Crippen LogP contribution in [0, 0.1) is 11.5 Å². The van der Waals surface area contributed by atoms with Crippen LogP contribution in [-0.4, -0.2) is 25.8 Å². The first-order chi connectivity index (χ1) is 14.8. The molecule has 2 aromatic rings.